The standard InChI is InChI=1S/C17H29N3O2/c1-8-11(2)9-10-12(3)15-13(4)16(14(5)19-20-18)22-17(6,7)21-15/h8-10,12-16H,1-7H3/b10-9+,11-8+/t12-,13+,14-,15-,16+/m1/s1. The molecular formula is C17H29N3O2. The smallest absolute Gasteiger partial charge is 0.163 e. The van der Waals surface area contributed by atoms with Crippen LogP contribution < -0.4 is 0 Å². The first-order chi connectivity index (χ1) is 10.2. The van der Waals surface area contributed by atoms with Crippen molar-refractivity contribution in [2.75, 3.05) is 0 Å². The van der Waals surface area contributed by atoms with Gasteiger partial charge in [-0.1, -0.05) is 49.7 Å². The summed E-state index contributed by atoms with van der Waals surface area (Å²) in [5.74, 6) is -0.299. The fraction of sp³-hybridized carbons (Fsp3) is 0.765. The molecule has 5 atom stereocenters. The molecule has 0 unspecified atom stereocenters. The summed E-state index contributed by atoms with van der Waals surface area (Å²) in [4.78, 5) is 2.92. The summed E-state index contributed by atoms with van der Waals surface area (Å²) < 4.78 is 12.1. The van der Waals surface area contributed by atoms with Crippen molar-refractivity contribution < 1.29 is 9.47 Å². The number of nitrogens with zero attached hydrogens (tertiary/aromatic N) is 3. The Morgan fingerprint density at radius 2 is 1.86 bits per heavy atom. The largest absolute Gasteiger partial charge is 0.346 e. The van der Waals surface area contributed by atoms with Gasteiger partial charge in [-0.05, 0) is 33.2 Å². The van der Waals surface area contributed by atoms with E-state index in [1.807, 2.05) is 27.7 Å². The number of rotatable bonds is 5. The zero-order valence-electron chi connectivity index (χ0n) is 14.8. The summed E-state index contributed by atoms with van der Waals surface area (Å²) in [7, 11) is 0. The van der Waals surface area contributed by atoms with Gasteiger partial charge in [-0.25, -0.2) is 0 Å². The molecule has 0 radical (unpaired) electrons. The van der Waals surface area contributed by atoms with Gasteiger partial charge in [-0.15, -0.1) is 0 Å². The highest BCUT2D eigenvalue weighted by atomic mass is 16.7. The van der Waals surface area contributed by atoms with E-state index in [-0.39, 0.29) is 30.1 Å². The van der Waals surface area contributed by atoms with Crippen LogP contribution in [0.2, 0.25) is 0 Å². The van der Waals surface area contributed by atoms with Gasteiger partial charge in [-0.2, -0.15) is 0 Å². The van der Waals surface area contributed by atoms with Gasteiger partial charge in [0.15, 0.2) is 5.79 Å². The second-order valence-corrected chi connectivity index (χ2v) is 6.62. The maximum absolute atomic E-state index is 8.69. The Morgan fingerprint density at radius 1 is 1.27 bits per heavy atom. The second-order valence-electron chi connectivity index (χ2n) is 6.62. The van der Waals surface area contributed by atoms with Crippen LogP contribution in [0.5, 0.6) is 0 Å². The van der Waals surface area contributed by atoms with Crippen LogP contribution in [-0.2, 0) is 9.47 Å². The van der Waals surface area contributed by atoms with Gasteiger partial charge in [0, 0.05) is 16.7 Å². The van der Waals surface area contributed by atoms with Crippen molar-refractivity contribution in [3.05, 3.63) is 34.2 Å². The van der Waals surface area contributed by atoms with Crippen molar-refractivity contribution >= 4 is 0 Å². The molecule has 0 aromatic heterocycles. The van der Waals surface area contributed by atoms with Gasteiger partial charge < -0.3 is 9.47 Å². The van der Waals surface area contributed by atoms with Crippen molar-refractivity contribution in [1.29, 1.82) is 0 Å². The number of hydrogen-bond donors (Lipinski definition) is 0. The Kier molecular flexibility index (Phi) is 6.66. The van der Waals surface area contributed by atoms with E-state index in [0.717, 1.165) is 0 Å². The molecule has 1 heterocycles. The van der Waals surface area contributed by atoms with Crippen molar-refractivity contribution in [2.45, 2.75) is 72.5 Å². The summed E-state index contributed by atoms with van der Waals surface area (Å²) >= 11 is 0. The van der Waals surface area contributed by atoms with Gasteiger partial charge in [0.2, 0.25) is 0 Å². The van der Waals surface area contributed by atoms with E-state index in [1.54, 1.807) is 0 Å². The van der Waals surface area contributed by atoms with Crippen LogP contribution in [0, 0.1) is 11.8 Å². The Bertz CT molecular complexity index is 478. The Morgan fingerprint density at radius 3 is 2.41 bits per heavy atom. The van der Waals surface area contributed by atoms with Crippen molar-refractivity contribution in [1.82, 2.24) is 0 Å². The first kappa shape index (κ1) is 18.8. The Balaban J connectivity index is 2.97. The lowest BCUT2D eigenvalue weighted by Crippen LogP contribution is -2.54. The zero-order valence-corrected chi connectivity index (χ0v) is 14.8. The molecule has 1 rings (SSSR count). The number of ether oxygens (including phenoxy) is 2. The molecule has 0 bridgehead atoms. The Labute approximate surface area is 134 Å². The lowest BCUT2D eigenvalue weighted by atomic mass is 9.84. The van der Waals surface area contributed by atoms with Crippen LogP contribution in [0.4, 0.5) is 0 Å². The third-order valence-corrected chi connectivity index (χ3v) is 4.22. The molecule has 0 aromatic carbocycles. The van der Waals surface area contributed by atoms with Gasteiger partial charge >= 0.3 is 0 Å². The molecule has 0 N–H and O–H groups in total. The number of azide groups is 1. The van der Waals surface area contributed by atoms with E-state index in [0.29, 0.717) is 0 Å². The highest BCUT2D eigenvalue weighted by Crippen LogP contribution is 2.37. The van der Waals surface area contributed by atoms with Crippen LogP contribution in [-0.4, -0.2) is 24.0 Å². The van der Waals surface area contributed by atoms with E-state index in [4.69, 9.17) is 15.0 Å². The average molecular weight is 307 g/mol. The fourth-order valence-electron chi connectivity index (χ4n) is 2.87. The monoisotopic (exact) mass is 307 g/mol. The molecule has 1 fully saturated rings. The van der Waals surface area contributed by atoms with E-state index >= 15 is 0 Å². The van der Waals surface area contributed by atoms with Crippen LogP contribution in [0.15, 0.2) is 28.9 Å². The molecule has 5 nitrogen and oxygen atoms in total. The molecule has 5 heteroatoms. The van der Waals surface area contributed by atoms with Gasteiger partial charge in [-0.3, -0.25) is 0 Å². The molecule has 22 heavy (non-hydrogen) atoms. The van der Waals surface area contributed by atoms with Crippen molar-refractivity contribution in [2.24, 2.45) is 17.0 Å². The van der Waals surface area contributed by atoms with Crippen molar-refractivity contribution in [3.8, 4) is 0 Å². The molecule has 0 aromatic rings. The van der Waals surface area contributed by atoms with E-state index in [9.17, 15) is 0 Å². The van der Waals surface area contributed by atoms with E-state index in [2.05, 4.69) is 49.0 Å². The molecular weight excluding hydrogens is 278 g/mol. The van der Waals surface area contributed by atoms with Gasteiger partial charge in [0.05, 0.1) is 18.2 Å². The minimum Gasteiger partial charge on any atom is -0.346 e. The molecule has 1 aliphatic rings. The van der Waals surface area contributed by atoms with Crippen LogP contribution in [0.3, 0.4) is 0 Å². The summed E-state index contributed by atoms with van der Waals surface area (Å²) in [5.41, 5.74) is 9.91. The summed E-state index contributed by atoms with van der Waals surface area (Å²) in [6, 6.07) is -0.223. The van der Waals surface area contributed by atoms with Crippen LogP contribution in [0.25, 0.3) is 10.4 Å². The minimum absolute atomic E-state index is 0.0194. The molecule has 0 amide bonds. The minimum atomic E-state index is -0.682. The third kappa shape index (κ3) is 4.87. The van der Waals surface area contributed by atoms with Gasteiger partial charge in [0.25, 0.3) is 0 Å². The lowest BCUT2D eigenvalue weighted by molar-refractivity contribution is -0.326. The molecule has 1 aliphatic heterocycles. The molecule has 0 saturated carbocycles. The predicted octanol–water partition coefficient (Wildman–Crippen LogP) is 5.00. The third-order valence-electron chi connectivity index (χ3n) is 4.22. The average Bonchev–Trinajstić information content (AvgIpc) is 2.46. The zero-order chi connectivity index (χ0) is 16.9. The van der Waals surface area contributed by atoms with E-state index < -0.39 is 5.79 Å². The second kappa shape index (κ2) is 7.82. The van der Waals surface area contributed by atoms with Crippen LogP contribution >= 0.6 is 0 Å². The number of hydrogen-bond acceptors (Lipinski definition) is 3. The van der Waals surface area contributed by atoms with E-state index in [1.165, 1.54) is 5.57 Å². The summed E-state index contributed by atoms with van der Waals surface area (Å²) in [6.45, 7) is 14.1. The Hall–Kier alpha value is -1.29. The molecule has 124 valence electrons. The highest BCUT2D eigenvalue weighted by Gasteiger charge is 2.44. The van der Waals surface area contributed by atoms with Crippen molar-refractivity contribution in [3.63, 3.8) is 0 Å². The molecule has 0 aliphatic carbocycles. The maximum Gasteiger partial charge on any atom is 0.163 e. The SMILES string of the molecule is C/C=C(C)/C=C/[C@@H](C)[C@H]1OC(C)(C)O[C@H]([C@@H](C)N=[N+]=[N-])[C@H]1C. The van der Waals surface area contributed by atoms with Gasteiger partial charge in [0.1, 0.15) is 0 Å². The first-order valence-electron chi connectivity index (χ1n) is 7.92. The molecule has 0 spiro atoms. The topological polar surface area (TPSA) is 67.2 Å². The fourth-order valence-corrected chi connectivity index (χ4v) is 2.87. The maximum atomic E-state index is 8.69. The highest BCUT2D eigenvalue weighted by molar-refractivity contribution is 5.16. The normalized spacial score (nSPS) is 31.6. The number of allylic oxidation sites excluding steroid dienone is 3. The predicted molar refractivity (Wildman–Crippen MR) is 89.3 cm³/mol. The first-order valence-corrected chi connectivity index (χ1v) is 7.92. The lowest BCUT2D eigenvalue weighted by Gasteiger charge is -2.47. The summed E-state index contributed by atoms with van der Waals surface area (Å²) in [5, 5.41) is 3.82. The quantitative estimate of drug-likeness (QED) is 0.310. The van der Waals surface area contributed by atoms with Crippen LogP contribution in [0.1, 0.15) is 48.5 Å². The summed E-state index contributed by atoms with van der Waals surface area (Å²) in [6.07, 6.45) is 6.24. The molecule has 1 saturated heterocycles.